The van der Waals surface area contributed by atoms with Crippen LogP contribution < -0.4 is 10.2 Å². The van der Waals surface area contributed by atoms with Crippen molar-refractivity contribution >= 4 is 11.9 Å². The average molecular weight is 238 g/mol. The summed E-state index contributed by atoms with van der Waals surface area (Å²) >= 11 is 0. The molecule has 6 heteroatoms. The molecule has 0 saturated heterocycles. The topological polar surface area (TPSA) is 78.4 Å². The molecule has 6 nitrogen and oxygen atoms in total. The molecule has 0 spiro atoms. The first-order chi connectivity index (χ1) is 8.02. The molecule has 0 unspecified atom stereocenters. The minimum absolute atomic E-state index is 0.0719. The molecule has 1 heterocycles. The van der Waals surface area contributed by atoms with E-state index in [1.165, 1.54) is 0 Å². The Morgan fingerprint density at radius 2 is 2.06 bits per heavy atom. The highest BCUT2D eigenvalue weighted by Gasteiger charge is 2.10. The van der Waals surface area contributed by atoms with E-state index in [-0.39, 0.29) is 25.1 Å². The molecule has 1 aromatic rings. The lowest BCUT2D eigenvalue weighted by atomic mass is 10.3. The molecule has 0 radical (unpaired) electrons. The maximum absolute atomic E-state index is 11.5. The number of aliphatic hydroxyl groups excluding tert-OH is 1. The van der Waals surface area contributed by atoms with Crippen LogP contribution in [0.4, 0.5) is 5.95 Å². The predicted molar refractivity (Wildman–Crippen MR) is 64.5 cm³/mol. The number of hydrogen-bond donors (Lipinski definition) is 2. The molecule has 0 saturated carbocycles. The minimum atomic E-state index is -0.0855. The van der Waals surface area contributed by atoms with Crippen LogP contribution in [0, 0.1) is 0 Å². The summed E-state index contributed by atoms with van der Waals surface area (Å²) < 4.78 is 0. The number of carbonyl (C=O) groups excluding carboxylic acids is 1. The smallest absolute Gasteiger partial charge is 0.239 e. The molecule has 1 rings (SSSR count). The van der Waals surface area contributed by atoms with E-state index in [1.54, 1.807) is 24.3 Å². The van der Waals surface area contributed by atoms with E-state index in [2.05, 4.69) is 15.3 Å². The van der Waals surface area contributed by atoms with Crippen LogP contribution in [-0.4, -0.2) is 40.6 Å². The van der Waals surface area contributed by atoms with Crippen molar-refractivity contribution in [1.29, 1.82) is 0 Å². The van der Waals surface area contributed by atoms with E-state index in [0.29, 0.717) is 11.5 Å². The lowest BCUT2D eigenvalue weighted by Crippen LogP contribution is -2.39. The maximum atomic E-state index is 11.5. The van der Waals surface area contributed by atoms with Gasteiger partial charge in [0.15, 0.2) is 0 Å². The first-order valence-corrected chi connectivity index (χ1v) is 5.45. The number of anilines is 1. The Bertz CT molecular complexity index is 364. The van der Waals surface area contributed by atoms with Crippen molar-refractivity contribution < 1.29 is 9.90 Å². The van der Waals surface area contributed by atoms with Crippen LogP contribution in [0.5, 0.6) is 0 Å². The van der Waals surface area contributed by atoms with Gasteiger partial charge in [-0.05, 0) is 13.8 Å². The zero-order valence-corrected chi connectivity index (χ0v) is 10.3. The summed E-state index contributed by atoms with van der Waals surface area (Å²) in [4.78, 5) is 21.3. The standard InChI is InChI=1S/C11H18N4O2/c1-8(2)14-10(17)6-15(3)11-12-4-9(7-16)5-13-11/h4-5,8,16H,6-7H2,1-3H3,(H,14,17). The SMILES string of the molecule is CC(C)NC(=O)CN(C)c1ncc(CO)cn1. The van der Waals surface area contributed by atoms with Crippen molar-refractivity contribution in [3.05, 3.63) is 18.0 Å². The summed E-state index contributed by atoms with van der Waals surface area (Å²) in [7, 11) is 1.74. The molecule has 0 aliphatic heterocycles. The Balaban J connectivity index is 2.56. The fourth-order valence-corrected chi connectivity index (χ4v) is 1.28. The second kappa shape index (κ2) is 6.15. The predicted octanol–water partition coefficient (Wildman–Crippen LogP) is -0.0703. The first kappa shape index (κ1) is 13.4. The van der Waals surface area contributed by atoms with E-state index in [0.717, 1.165) is 0 Å². The van der Waals surface area contributed by atoms with Crippen molar-refractivity contribution in [2.24, 2.45) is 0 Å². The van der Waals surface area contributed by atoms with Crippen molar-refractivity contribution in [1.82, 2.24) is 15.3 Å². The van der Waals surface area contributed by atoms with Gasteiger partial charge in [-0.2, -0.15) is 0 Å². The van der Waals surface area contributed by atoms with Gasteiger partial charge < -0.3 is 15.3 Å². The summed E-state index contributed by atoms with van der Waals surface area (Å²) in [5, 5.41) is 11.6. The van der Waals surface area contributed by atoms with Gasteiger partial charge in [-0.15, -0.1) is 0 Å². The highest BCUT2D eigenvalue weighted by Crippen LogP contribution is 2.04. The number of amides is 1. The van der Waals surface area contributed by atoms with E-state index >= 15 is 0 Å². The molecule has 0 aliphatic rings. The molecule has 1 amide bonds. The third-order valence-electron chi connectivity index (χ3n) is 2.05. The van der Waals surface area contributed by atoms with Crippen LogP contribution in [0.15, 0.2) is 12.4 Å². The molecule has 17 heavy (non-hydrogen) atoms. The van der Waals surface area contributed by atoms with Crippen molar-refractivity contribution in [2.45, 2.75) is 26.5 Å². The quantitative estimate of drug-likeness (QED) is 0.750. The lowest BCUT2D eigenvalue weighted by Gasteiger charge is -2.17. The average Bonchev–Trinajstić information content (AvgIpc) is 2.28. The highest BCUT2D eigenvalue weighted by molar-refractivity contribution is 5.80. The highest BCUT2D eigenvalue weighted by atomic mass is 16.3. The van der Waals surface area contributed by atoms with Crippen LogP contribution in [0.25, 0.3) is 0 Å². The van der Waals surface area contributed by atoms with Gasteiger partial charge >= 0.3 is 0 Å². The van der Waals surface area contributed by atoms with Gasteiger partial charge in [0, 0.05) is 31.0 Å². The number of rotatable bonds is 5. The number of nitrogens with one attached hydrogen (secondary N) is 1. The van der Waals surface area contributed by atoms with Gasteiger partial charge in [0.25, 0.3) is 0 Å². The molecule has 2 N–H and O–H groups in total. The normalized spacial score (nSPS) is 10.4. The van der Waals surface area contributed by atoms with Gasteiger partial charge in [-0.3, -0.25) is 4.79 Å². The lowest BCUT2D eigenvalue weighted by molar-refractivity contribution is -0.120. The van der Waals surface area contributed by atoms with Crippen LogP contribution in [0.2, 0.25) is 0 Å². The molecule has 0 atom stereocenters. The van der Waals surface area contributed by atoms with Crippen LogP contribution in [0.3, 0.4) is 0 Å². The zero-order valence-electron chi connectivity index (χ0n) is 10.3. The third-order valence-corrected chi connectivity index (χ3v) is 2.05. The molecule has 1 aromatic heterocycles. The molecule has 0 aliphatic carbocycles. The number of nitrogens with zero attached hydrogens (tertiary/aromatic N) is 3. The fourth-order valence-electron chi connectivity index (χ4n) is 1.28. The summed E-state index contributed by atoms with van der Waals surface area (Å²) in [6.07, 6.45) is 3.08. The van der Waals surface area contributed by atoms with Gasteiger partial charge in [0.1, 0.15) is 0 Å². The monoisotopic (exact) mass is 238 g/mol. The van der Waals surface area contributed by atoms with E-state index in [4.69, 9.17) is 5.11 Å². The largest absolute Gasteiger partial charge is 0.392 e. The molecule has 0 aromatic carbocycles. The second-order valence-electron chi connectivity index (χ2n) is 4.13. The summed E-state index contributed by atoms with van der Waals surface area (Å²) in [5.74, 6) is 0.387. The van der Waals surface area contributed by atoms with E-state index in [1.807, 2.05) is 13.8 Å². The Morgan fingerprint density at radius 1 is 1.47 bits per heavy atom. The van der Waals surface area contributed by atoms with Crippen molar-refractivity contribution in [2.75, 3.05) is 18.5 Å². The van der Waals surface area contributed by atoms with Gasteiger partial charge in [-0.25, -0.2) is 9.97 Å². The molecule has 0 bridgehead atoms. The molecule has 0 fully saturated rings. The van der Waals surface area contributed by atoms with Gasteiger partial charge in [0.2, 0.25) is 11.9 Å². The van der Waals surface area contributed by atoms with Crippen molar-refractivity contribution in [3.63, 3.8) is 0 Å². The van der Waals surface area contributed by atoms with Gasteiger partial charge in [0.05, 0.1) is 13.2 Å². The summed E-state index contributed by atoms with van der Waals surface area (Å²) in [6.45, 7) is 3.93. The zero-order chi connectivity index (χ0) is 12.8. The van der Waals surface area contributed by atoms with E-state index < -0.39 is 0 Å². The van der Waals surface area contributed by atoms with E-state index in [9.17, 15) is 4.79 Å². The fraction of sp³-hybridized carbons (Fsp3) is 0.545. The van der Waals surface area contributed by atoms with Crippen LogP contribution in [-0.2, 0) is 11.4 Å². The van der Waals surface area contributed by atoms with Gasteiger partial charge in [-0.1, -0.05) is 0 Å². The number of hydrogen-bond acceptors (Lipinski definition) is 5. The Kier molecular flexibility index (Phi) is 4.84. The second-order valence-corrected chi connectivity index (χ2v) is 4.13. The first-order valence-electron chi connectivity index (χ1n) is 5.45. The molecular weight excluding hydrogens is 220 g/mol. The third kappa shape index (κ3) is 4.36. The number of carbonyl (C=O) groups is 1. The molecule has 94 valence electrons. The maximum Gasteiger partial charge on any atom is 0.239 e. The molecular formula is C11H18N4O2. The summed E-state index contributed by atoms with van der Waals surface area (Å²) in [5.41, 5.74) is 0.647. The summed E-state index contributed by atoms with van der Waals surface area (Å²) in [6, 6.07) is 0.119. The number of likely N-dealkylation sites (N-methyl/N-ethyl adjacent to an activating group) is 1. The Morgan fingerprint density at radius 3 is 2.53 bits per heavy atom. The Labute approximate surface area is 101 Å². The number of aromatic nitrogens is 2. The van der Waals surface area contributed by atoms with Crippen LogP contribution >= 0.6 is 0 Å². The van der Waals surface area contributed by atoms with Crippen molar-refractivity contribution in [3.8, 4) is 0 Å². The minimum Gasteiger partial charge on any atom is -0.392 e. The number of aliphatic hydroxyl groups is 1. The Hall–Kier alpha value is -1.69. The van der Waals surface area contributed by atoms with Crippen LogP contribution in [0.1, 0.15) is 19.4 Å².